The van der Waals surface area contributed by atoms with Crippen molar-refractivity contribution in [3.8, 4) is 11.5 Å². The summed E-state index contributed by atoms with van der Waals surface area (Å²) in [6, 6.07) is 10.3. The Kier molecular flexibility index (Phi) is 7.98. The summed E-state index contributed by atoms with van der Waals surface area (Å²) in [5, 5.41) is 9.48. The Bertz CT molecular complexity index is 1680. The summed E-state index contributed by atoms with van der Waals surface area (Å²) in [6.07, 6.45) is 8.30. The molecular weight excluding hydrogens is 575 g/mol. The molecule has 224 valence electrons. The highest BCUT2D eigenvalue weighted by molar-refractivity contribution is 6.30. The lowest BCUT2D eigenvalue weighted by Crippen LogP contribution is -2.34. The number of ether oxygens (including phenoxy) is 2. The molecule has 6 rings (SSSR count). The van der Waals surface area contributed by atoms with Crippen molar-refractivity contribution in [1.29, 1.82) is 0 Å². The number of likely N-dealkylation sites (tertiary alicyclic amines) is 1. The summed E-state index contributed by atoms with van der Waals surface area (Å²) in [6.45, 7) is 6.40. The summed E-state index contributed by atoms with van der Waals surface area (Å²) < 4.78 is 34.9. The second-order valence-electron chi connectivity index (χ2n) is 10.9. The molecule has 0 bridgehead atoms. The molecule has 0 spiro atoms. The molecule has 43 heavy (non-hydrogen) atoms. The van der Waals surface area contributed by atoms with Crippen LogP contribution in [0.25, 0.3) is 6.08 Å². The molecule has 0 amide bonds. The zero-order valence-electron chi connectivity index (χ0n) is 23.9. The molecule has 1 N–H and O–H groups in total. The fraction of sp³-hybridized carbons (Fsp3) is 0.344. The highest BCUT2D eigenvalue weighted by Crippen LogP contribution is 2.49. The molecule has 9 nitrogen and oxygen atoms in total. The lowest BCUT2D eigenvalue weighted by molar-refractivity contribution is -0.131. The second-order valence-corrected chi connectivity index (χ2v) is 11.4. The van der Waals surface area contributed by atoms with E-state index < -0.39 is 17.6 Å². The SMILES string of the molecule is CCc1ncoc1Cn1c(/C=C/C(=O)O)cnc1CN1CCC(c2cccc3c2OC(C)(c2ccc(Cl)cc2F)O3)CC1. The fourth-order valence-corrected chi connectivity index (χ4v) is 6.08. The van der Waals surface area contributed by atoms with Crippen LogP contribution in [0.2, 0.25) is 5.02 Å². The minimum atomic E-state index is -1.29. The number of halogens is 2. The third-order valence-electron chi connectivity index (χ3n) is 8.15. The molecule has 2 aromatic heterocycles. The smallest absolute Gasteiger partial charge is 0.328 e. The lowest BCUT2D eigenvalue weighted by atomic mass is 9.88. The van der Waals surface area contributed by atoms with Crippen LogP contribution >= 0.6 is 11.6 Å². The number of nitrogens with zero attached hydrogens (tertiary/aromatic N) is 4. The van der Waals surface area contributed by atoms with Gasteiger partial charge in [-0.1, -0.05) is 30.7 Å². The Labute approximate surface area is 253 Å². The molecule has 11 heteroatoms. The molecule has 1 unspecified atom stereocenters. The standard InChI is InChI=1S/C32H32ClFN4O5/c1-3-26-28(41-19-36-26)17-38-22(8-10-30(39)40)16-35-29(38)18-37-13-11-20(12-14-37)23-5-4-6-27-31(23)43-32(2,42-27)24-9-7-21(33)15-25(24)34/h4-10,15-16,19-20H,3,11-14,17-18H2,1-2H3,(H,39,40)/b10-8+. The van der Waals surface area contributed by atoms with E-state index in [-0.39, 0.29) is 5.92 Å². The van der Waals surface area contributed by atoms with E-state index in [1.807, 2.05) is 23.6 Å². The number of carboxylic acids is 1. The van der Waals surface area contributed by atoms with Gasteiger partial charge in [0.2, 0.25) is 0 Å². The number of oxazole rings is 1. The van der Waals surface area contributed by atoms with Gasteiger partial charge in [0.1, 0.15) is 17.4 Å². The number of imidazole rings is 1. The average Bonchev–Trinajstić information content (AvgIpc) is 3.69. The Morgan fingerprint density at radius 3 is 2.74 bits per heavy atom. The van der Waals surface area contributed by atoms with Gasteiger partial charge in [-0.25, -0.2) is 19.2 Å². The van der Waals surface area contributed by atoms with Gasteiger partial charge in [-0.2, -0.15) is 0 Å². The second kappa shape index (κ2) is 11.9. The van der Waals surface area contributed by atoms with E-state index in [1.54, 1.807) is 31.3 Å². The number of benzene rings is 2. The summed E-state index contributed by atoms with van der Waals surface area (Å²) in [4.78, 5) is 22.5. The van der Waals surface area contributed by atoms with Crippen LogP contribution in [-0.4, -0.2) is 43.6 Å². The number of hydrogen-bond acceptors (Lipinski definition) is 7. The minimum absolute atomic E-state index is 0.238. The molecule has 0 aliphatic carbocycles. The van der Waals surface area contributed by atoms with E-state index in [4.69, 9.17) is 30.6 Å². The van der Waals surface area contributed by atoms with Gasteiger partial charge in [0, 0.05) is 23.6 Å². The van der Waals surface area contributed by atoms with Crippen molar-refractivity contribution >= 4 is 23.6 Å². The van der Waals surface area contributed by atoms with Crippen molar-refractivity contribution < 1.29 is 28.2 Å². The lowest BCUT2D eigenvalue weighted by Gasteiger charge is -2.32. The number of hydrogen-bond donors (Lipinski definition) is 1. The fourth-order valence-electron chi connectivity index (χ4n) is 5.92. The molecule has 0 saturated carbocycles. The number of piperidine rings is 1. The maximum Gasteiger partial charge on any atom is 0.328 e. The third-order valence-corrected chi connectivity index (χ3v) is 8.39. The quantitative estimate of drug-likeness (QED) is 0.219. The first kappa shape index (κ1) is 28.9. The number of fused-ring (bicyclic) bond motifs is 1. The van der Waals surface area contributed by atoms with Crippen LogP contribution in [-0.2, 0) is 30.1 Å². The Balaban J connectivity index is 1.17. The zero-order valence-corrected chi connectivity index (χ0v) is 24.7. The maximum atomic E-state index is 14.8. The van der Waals surface area contributed by atoms with Gasteiger partial charge in [0.15, 0.2) is 17.9 Å². The number of para-hydroxylation sites is 1. The topological polar surface area (TPSA) is 103 Å². The van der Waals surface area contributed by atoms with Crippen LogP contribution in [0, 0.1) is 5.82 Å². The molecule has 1 saturated heterocycles. The van der Waals surface area contributed by atoms with E-state index in [0.29, 0.717) is 40.9 Å². The third kappa shape index (κ3) is 5.89. The normalized spacial score (nSPS) is 19.0. The van der Waals surface area contributed by atoms with Crippen LogP contribution in [0.15, 0.2) is 59.5 Å². The van der Waals surface area contributed by atoms with Gasteiger partial charge in [-0.15, -0.1) is 0 Å². The van der Waals surface area contributed by atoms with E-state index in [2.05, 4.69) is 20.9 Å². The number of aliphatic carboxylic acids is 1. The summed E-state index contributed by atoms with van der Waals surface area (Å²) in [7, 11) is 0. The zero-order chi connectivity index (χ0) is 30.1. The highest BCUT2D eigenvalue weighted by atomic mass is 35.5. The molecule has 2 aromatic carbocycles. The van der Waals surface area contributed by atoms with Crippen LogP contribution in [0.5, 0.6) is 11.5 Å². The first-order valence-corrected chi connectivity index (χ1v) is 14.7. The van der Waals surface area contributed by atoms with Gasteiger partial charge in [-0.05, 0) is 68.6 Å². The van der Waals surface area contributed by atoms with Gasteiger partial charge in [0.25, 0.3) is 5.79 Å². The summed E-state index contributed by atoms with van der Waals surface area (Å²) in [5.74, 6) is 0.247. The Morgan fingerprint density at radius 2 is 2.00 bits per heavy atom. The molecule has 0 radical (unpaired) electrons. The average molecular weight is 607 g/mol. The minimum Gasteiger partial charge on any atom is -0.478 e. The van der Waals surface area contributed by atoms with E-state index >= 15 is 0 Å². The molecule has 4 aromatic rings. The van der Waals surface area contributed by atoms with Crippen LogP contribution in [0.3, 0.4) is 0 Å². The van der Waals surface area contributed by atoms with Gasteiger partial charge in [0.05, 0.1) is 36.2 Å². The van der Waals surface area contributed by atoms with E-state index in [0.717, 1.165) is 61.3 Å². The van der Waals surface area contributed by atoms with Gasteiger partial charge < -0.3 is 23.6 Å². The van der Waals surface area contributed by atoms with E-state index in [1.165, 1.54) is 12.5 Å². The number of carboxylic acid groups (broad SMARTS) is 1. The largest absolute Gasteiger partial charge is 0.478 e. The van der Waals surface area contributed by atoms with Gasteiger partial charge in [-0.3, -0.25) is 4.90 Å². The first-order valence-electron chi connectivity index (χ1n) is 14.3. The number of carbonyl (C=O) groups is 1. The predicted molar refractivity (Wildman–Crippen MR) is 158 cm³/mol. The van der Waals surface area contributed by atoms with E-state index in [9.17, 15) is 9.18 Å². The van der Waals surface area contributed by atoms with Crippen molar-refractivity contribution in [2.24, 2.45) is 0 Å². The van der Waals surface area contributed by atoms with Crippen molar-refractivity contribution in [2.45, 2.75) is 57.9 Å². The predicted octanol–water partition coefficient (Wildman–Crippen LogP) is 6.40. The molecule has 2 aliphatic heterocycles. The number of aromatic nitrogens is 3. The number of aryl methyl sites for hydroxylation is 1. The number of rotatable bonds is 9. The molecular formula is C32H32ClFN4O5. The summed E-state index contributed by atoms with van der Waals surface area (Å²) in [5.41, 5.74) is 2.89. The maximum absolute atomic E-state index is 14.8. The van der Waals surface area contributed by atoms with Crippen molar-refractivity contribution in [3.63, 3.8) is 0 Å². The van der Waals surface area contributed by atoms with Crippen LogP contribution in [0.1, 0.15) is 66.7 Å². The molecule has 1 fully saturated rings. The van der Waals surface area contributed by atoms with Crippen molar-refractivity contribution in [3.05, 3.63) is 100 Å². The van der Waals surface area contributed by atoms with Crippen LogP contribution < -0.4 is 9.47 Å². The molecule has 4 heterocycles. The first-order chi connectivity index (χ1) is 20.7. The Hall–Kier alpha value is -4.15. The molecule has 2 aliphatic rings. The Morgan fingerprint density at radius 1 is 1.19 bits per heavy atom. The highest BCUT2D eigenvalue weighted by Gasteiger charge is 2.43. The monoisotopic (exact) mass is 606 g/mol. The van der Waals surface area contributed by atoms with Crippen molar-refractivity contribution in [1.82, 2.24) is 19.4 Å². The van der Waals surface area contributed by atoms with Crippen LogP contribution in [0.4, 0.5) is 4.39 Å². The molecule has 1 atom stereocenters. The van der Waals surface area contributed by atoms with Gasteiger partial charge >= 0.3 is 5.97 Å². The van der Waals surface area contributed by atoms with Crippen molar-refractivity contribution in [2.75, 3.05) is 13.1 Å². The summed E-state index contributed by atoms with van der Waals surface area (Å²) >= 11 is 5.96.